The Morgan fingerprint density at radius 3 is 2.19 bits per heavy atom. The van der Waals surface area contributed by atoms with Crippen molar-refractivity contribution in [3.63, 3.8) is 0 Å². The normalized spacial score (nSPS) is 24.1. The monoisotopic (exact) mass is 339 g/mol. The predicted molar refractivity (Wildman–Crippen MR) is 79.9 cm³/mol. The van der Waals surface area contributed by atoms with Crippen molar-refractivity contribution in [2.45, 2.75) is 31.8 Å². The van der Waals surface area contributed by atoms with E-state index < -0.39 is 6.09 Å². The van der Waals surface area contributed by atoms with Crippen LogP contribution in [0.25, 0.3) is 0 Å². The quantitative estimate of drug-likeness (QED) is 0.344. The van der Waals surface area contributed by atoms with Gasteiger partial charge in [-0.15, -0.1) is 24.8 Å². The number of carbonyl (C=O) groups excluding carboxylic acids is 3. The van der Waals surface area contributed by atoms with Gasteiger partial charge in [0.15, 0.2) is 0 Å². The van der Waals surface area contributed by atoms with Gasteiger partial charge >= 0.3 is 6.09 Å². The van der Waals surface area contributed by atoms with Crippen molar-refractivity contribution in [2.24, 2.45) is 11.8 Å². The number of amides is 3. The van der Waals surface area contributed by atoms with E-state index in [9.17, 15) is 14.4 Å². The Morgan fingerprint density at radius 1 is 1.19 bits per heavy atom. The van der Waals surface area contributed by atoms with Crippen LogP contribution in [0, 0.1) is 5.92 Å². The van der Waals surface area contributed by atoms with Crippen LogP contribution in [-0.4, -0.2) is 35.5 Å². The molecule has 1 saturated carbocycles. The van der Waals surface area contributed by atoms with Gasteiger partial charge in [-0.1, -0.05) is 0 Å². The molecule has 0 aromatic rings. The van der Waals surface area contributed by atoms with Gasteiger partial charge in [-0.05, 0) is 31.6 Å². The third-order valence-corrected chi connectivity index (χ3v) is 3.53. The summed E-state index contributed by atoms with van der Waals surface area (Å²) in [6, 6.07) is 0. The summed E-state index contributed by atoms with van der Waals surface area (Å²) >= 11 is 0. The highest BCUT2D eigenvalue weighted by Gasteiger charge is 2.30. The van der Waals surface area contributed by atoms with Crippen LogP contribution < -0.4 is 11.3 Å². The van der Waals surface area contributed by atoms with Crippen molar-refractivity contribution >= 4 is 42.7 Å². The van der Waals surface area contributed by atoms with E-state index in [2.05, 4.69) is 0 Å². The highest BCUT2D eigenvalue weighted by molar-refractivity contribution is 6.12. The second-order valence-electron chi connectivity index (χ2n) is 4.81. The standard InChI is InChI=1S/C12H17N3O4.2ClH/c13-14-12(18)19-9-3-1-8(2-4-9)7-15-10(16)5-6-11(15)17;;/h5-6,8-9H,1-4,7,13H2,(H,14,18);2*1H. The van der Waals surface area contributed by atoms with Crippen molar-refractivity contribution in [3.05, 3.63) is 12.2 Å². The van der Waals surface area contributed by atoms with Gasteiger partial charge < -0.3 is 4.74 Å². The lowest BCUT2D eigenvalue weighted by atomic mass is 9.87. The first-order chi connectivity index (χ1) is 9.10. The summed E-state index contributed by atoms with van der Waals surface area (Å²) in [5.74, 6) is 4.73. The molecule has 0 spiro atoms. The van der Waals surface area contributed by atoms with Crippen molar-refractivity contribution in [3.8, 4) is 0 Å². The summed E-state index contributed by atoms with van der Waals surface area (Å²) in [5.41, 5.74) is 1.93. The molecule has 7 nitrogen and oxygen atoms in total. The van der Waals surface area contributed by atoms with E-state index in [-0.39, 0.29) is 48.7 Å². The number of halogens is 2. The van der Waals surface area contributed by atoms with Crippen LogP contribution in [0.5, 0.6) is 0 Å². The van der Waals surface area contributed by atoms with Gasteiger partial charge in [0.2, 0.25) is 0 Å². The van der Waals surface area contributed by atoms with E-state index in [1.165, 1.54) is 17.1 Å². The molecule has 0 bridgehead atoms. The number of imide groups is 1. The molecule has 0 radical (unpaired) electrons. The molecular formula is C12H19Cl2N3O4. The van der Waals surface area contributed by atoms with Gasteiger partial charge in [0.1, 0.15) is 6.10 Å². The van der Waals surface area contributed by atoms with Gasteiger partial charge in [0, 0.05) is 18.7 Å². The van der Waals surface area contributed by atoms with E-state index in [0.29, 0.717) is 6.54 Å². The second kappa shape index (κ2) is 8.86. The Hall–Kier alpha value is -1.31. The summed E-state index contributed by atoms with van der Waals surface area (Å²) in [5, 5.41) is 0. The fourth-order valence-electron chi connectivity index (χ4n) is 2.49. The Labute approximate surface area is 135 Å². The maximum absolute atomic E-state index is 11.4. The van der Waals surface area contributed by atoms with Gasteiger partial charge in [-0.25, -0.2) is 10.6 Å². The molecule has 1 fully saturated rings. The highest BCUT2D eigenvalue weighted by Crippen LogP contribution is 2.27. The first kappa shape index (κ1) is 19.7. The smallest absolute Gasteiger partial charge is 0.421 e. The molecule has 120 valence electrons. The van der Waals surface area contributed by atoms with Crippen LogP contribution in [0.4, 0.5) is 4.79 Å². The number of rotatable bonds is 3. The fourth-order valence-corrected chi connectivity index (χ4v) is 2.49. The molecule has 1 aliphatic carbocycles. The first-order valence-electron chi connectivity index (χ1n) is 6.31. The Balaban J connectivity index is 0.00000200. The summed E-state index contributed by atoms with van der Waals surface area (Å²) in [6.07, 6.45) is 4.91. The molecule has 0 unspecified atom stereocenters. The number of ether oxygens (including phenoxy) is 1. The summed E-state index contributed by atoms with van der Waals surface area (Å²) < 4.78 is 5.07. The van der Waals surface area contributed by atoms with E-state index in [0.717, 1.165) is 25.7 Å². The number of nitrogens with two attached hydrogens (primary N) is 1. The van der Waals surface area contributed by atoms with E-state index in [1.807, 2.05) is 5.43 Å². The molecule has 1 heterocycles. The van der Waals surface area contributed by atoms with Crippen LogP contribution in [0.1, 0.15) is 25.7 Å². The average molecular weight is 340 g/mol. The van der Waals surface area contributed by atoms with Crippen molar-refractivity contribution in [1.29, 1.82) is 0 Å². The van der Waals surface area contributed by atoms with Crippen molar-refractivity contribution in [1.82, 2.24) is 10.3 Å². The fraction of sp³-hybridized carbons (Fsp3) is 0.583. The van der Waals surface area contributed by atoms with Crippen LogP contribution >= 0.6 is 24.8 Å². The zero-order valence-electron chi connectivity index (χ0n) is 11.3. The minimum absolute atomic E-state index is 0. The minimum atomic E-state index is -0.627. The Kier molecular flexibility index (Phi) is 8.31. The van der Waals surface area contributed by atoms with Crippen molar-refractivity contribution < 1.29 is 19.1 Å². The van der Waals surface area contributed by atoms with Gasteiger partial charge in [0.05, 0.1) is 0 Å². The molecule has 0 saturated heterocycles. The number of hydrazine groups is 1. The third-order valence-electron chi connectivity index (χ3n) is 3.53. The summed E-state index contributed by atoms with van der Waals surface area (Å²) in [4.78, 5) is 35.1. The number of carbonyl (C=O) groups is 3. The molecule has 1 aliphatic heterocycles. The van der Waals surface area contributed by atoms with Crippen LogP contribution in [0.3, 0.4) is 0 Å². The number of nitrogens with one attached hydrogen (secondary N) is 1. The topological polar surface area (TPSA) is 102 Å². The summed E-state index contributed by atoms with van der Waals surface area (Å²) in [7, 11) is 0. The number of hydrogen-bond donors (Lipinski definition) is 2. The van der Waals surface area contributed by atoms with Gasteiger partial charge in [0.25, 0.3) is 11.8 Å². The largest absolute Gasteiger partial charge is 0.445 e. The second-order valence-corrected chi connectivity index (χ2v) is 4.81. The number of hydrogen-bond acceptors (Lipinski definition) is 5. The SMILES string of the molecule is Cl.Cl.NNC(=O)OC1CCC(CN2C(=O)C=CC2=O)CC1. The van der Waals surface area contributed by atoms with Gasteiger partial charge in [-0.2, -0.15) is 0 Å². The molecule has 9 heteroatoms. The lowest BCUT2D eigenvalue weighted by Gasteiger charge is -2.30. The lowest BCUT2D eigenvalue weighted by molar-refractivity contribution is -0.137. The molecule has 0 aromatic carbocycles. The van der Waals surface area contributed by atoms with E-state index >= 15 is 0 Å². The van der Waals surface area contributed by atoms with Crippen molar-refractivity contribution in [2.75, 3.05) is 6.54 Å². The maximum Gasteiger partial charge on any atom is 0.421 e. The highest BCUT2D eigenvalue weighted by atomic mass is 35.5. The predicted octanol–water partition coefficient (Wildman–Crippen LogP) is 0.914. The molecular weight excluding hydrogens is 321 g/mol. The minimum Gasteiger partial charge on any atom is -0.445 e. The Morgan fingerprint density at radius 2 is 1.71 bits per heavy atom. The molecule has 3 amide bonds. The molecule has 2 aliphatic rings. The molecule has 21 heavy (non-hydrogen) atoms. The molecule has 3 N–H and O–H groups in total. The van der Waals surface area contributed by atoms with E-state index in [1.54, 1.807) is 0 Å². The Bertz CT molecular complexity index is 405. The number of nitrogens with zero attached hydrogens (tertiary/aromatic N) is 1. The van der Waals surface area contributed by atoms with E-state index in [4.69, 9.17) is 10.6 Å². The average Bonchev–Trinajstić information content (AvgIpc) is 2.72. The van der Waals surface area contributed by atoms with Crippen LogP contribution in [0.2, 0.25) is 0 Å². The van der Waals surface area contributed by atoms with Crippen LogP contribution in [-0.2, 0) is 14.3 Å². The molecule has 0 aromatic heterocycles. The third kappa shape index (κ3) is 5.18. The summed E-state index contributed by atoms with van der Waals surface area (Å²) in [6.45, 7) is 0.445. The maximum atomic E-state index is 11.4. The zero-order valence-corrected chi connectivity index (χ0v) is 13.0. The first-order valence-corrected chi connectivity index (χ1v) is 6.31. The lowest BCUT2D eigenvalue weighted by Crippen LogP contribution is -2.38. The van der Waals surface area contributed by atoms with Crippen LogP contribution in [0.15, 0.2) is 12.2 Å². The van der Waals surface area contributed by atoms with Gasteiger partial charge in [-0.3, -0.25) is 19.9 Å². The zero-order chi connectivity index (χ0) is 13.8. The molecule has 2 rings (SSSR count). The molecule has 0 atom stereocenters.